The Morgan fingerprint density at radius 3 is 2.22 bits per heavy atom. The van der Waals surface area contributed by atoms with Gasteiger partial charge in [0.1, 0.15) is 0 Å². The Balaban J connectivity index is 1.45. The molecule has 0 aliphatic carbocycles. The number of benzene rings is 2. The number of methoxy groups -OCH3 is 3. The second kappa shape index (κ2) is 9.48. The average Bonchev–Trinajstić information content (AvgIpc) is 3.33. The van der Waals surface area contributed by atoms with E-state index in [2.05, 4.69) is 41.5 Å². The van der Waals surface area contributed by atoms with Gasteiger partial charge in [-0.25, -0.2) is 4.98 Å². The van der Waals surface area contributed by atoms with Crippen LogP contribution in [0.25, 0.3) is 11.3 Å². The van der Waals surface area contributed by atoms with E-state index in [1.807, 2.05) is 4.90 Å². The van der Waals surface area contributed by atoms with E-state index in [1.54, 1.807) is 30.6 Å². The lowest BCUT2D eigenvalue weighted by atomic mass is 10.1. The zero-order chi connectivity index (χ0) is 22.7. The van der Waals surface area contributed by atoms with Crippen LogP contribution in [0.15, 0.2) is 41.8 Å². The summed E-state index contributed by atoms with van der Waals surface area (Å²) in [5.74, 6) is 1.26. The van der Waals surface area contributed by atoms with Crippen LogP contribution in [-0.2, 0) is 0 Å². The van der Waals surface area contributed by atoms with Gasteiger partial charge in [-0.05, 0) is 19.1 Å². The highest BCUT2D eigenvalue weighted by atomic mass is 32.1. The van der Waals surface area contributed by atoms with Gasteiger partial charge in [-0.3, -0.25) is 4.79 Å². The molecular formula is C24H27N3O4S. The summed E-state index contributed by atoms with van der Waals surface area (Å²) >= 11 is 1.64. The Hall–Kier alpha value is -3.26. The smallest absolute Gasteiger partial charge is 0.257 e. The van der Waals surface area contributed by atoms with Gasteiger partial charge in [0.05, 0.1) is 32.6 Å². The largest absolute Gasteiger partial charge is 0.493 e. The van der Waals surface area contributed by atoms with Crippen LogP contribution in [-0.4, -0.2) is 63.3 Å². The molecule has 32 heavy (non-hydrogen) atoms. The van der Waals surface area contributed by atoms with Crippen molar-refractivity contribution in [3.63, 3.8) is 0 Å². The Labute approximate surface area is 192 Å². The van der Waals surface area contributed by atoms with Crippen molar-refractivity contribution in [2.45, 2.75) is 6.92 Å². The number of aryl methyl sites for hydroxylation is 1. The minimum Gasteiger partial charge on any atom is -0.493 e. The van der Waals surface area contributed by atoms with Gasteiger partial charge in [-0.15, -0.1) is 11.3 Å². The third kappa shape index (κ3) is 4.23. The molecule has 8 heteroatoms. The molecule has 1 saturated heterocycles. The molecule has 0 radical (unpaired) electrons. The number of hydrogen-bond donors (Lipinski definition) is 0. The molecule has 0 unspecified atom stereocenters. The maximum absolute atomic E-state index is 13.2. The molecule has 0 spiro atoms. The molecule has 0 N–H and O–H groups in total. The van der Waals surface area contributed by atoms with Gasteiger partial charge < -0.3 is 24.0 Å². The molecule has 4 rings (SSSR count). The molecule has 2 heterocycles. The third-order valence-electron chi connectivity index (χ3n) is 5.61. The van der Waals surface area contributed by atoms with Gasteiger partial charge in [0.2, 0.25) is 5.75 Å². The van der Waals surface area contributed by atoms with Gasteiger partial charge in [-0.1, -0.05) is 29.8 Å². The van der Waals surface area contributed by atoms with E-state index >= 15 is 0 Å². The number of carbonyl (C=O) groups excluding carboxylic acids is 1. The van der Waals surface area contributed by atoms with Crippen molar-refractivity contribution in [3.05, 3.63) is 52.9 Å². The summed E-state index contributed by atoms with van der Waals surface area (Å²) in [4.78, 5) is 22.1. The van der Waals surface area contributed by atoms with E-state index in [9.17, 15) is 4.79 Å². The van der Waals surface area contributed by atoms with Crippen LogP contribution in [0.3, 0.4) is 0 Å². The maximum Gasteiger partial charge on any atom is 0.257 e. The topological polar surface area (TPSA) is 64.1 Å². The van der Waals surface area contributed by atoms with E-state index in [4.69, 9.17) is 19.2 Å². The van der Waals surface area contributed by atoms with Gasteiger partial charge in [0, 0.05) is 37.1 Å². The van der Waals surface area contributed by atoms with Crippen LogP contribution in [0.4, 0.5) is 5.13 Å². The average molecular weight is 454 g/mol. The highest BCUT2D eigenvalue weighted by Crippen LogP contribution is 2.40. The highest BCUT2D eigenvalue weighted by Gasteiger charge is 2.28. The van der Waals surface area contributed by atoms with Crippen molar-refractivity contribution in [2.75, 3.05) is 52.4 Å². The molecular weight excluding hydrogens is 426 g/mol. The van der Waals surface area contributed by atoms with Gasteiger partial charge in [0.25, 0.3) is 5.91 Å². The molecule has 1 amide bonds. The Bertz CT molecular complexity index is 1090. The van der Waals surface area contributed by atoms with E-state index in [1.165, 1.54) is 19.8 Å². The quantitative estimate of drug-likeness (QED) is 0.560. The first-order chi connectivity index (χ1) is 15.5. The molecule has 2 aromatic carbocycles. The molecule has 0 saturated carbocycles. The van der Waals surface area contributed by atoms with E-state index < -0.39 is 0 Å². The molecule has 168 valence electrons. The number of aromatic nitrogens is 1. The van der Waals surface area contributed by atoms with Gasteiger partial charge >= 0.3 is 0 Å². The highest BCUT2D eigenvalue weighted by molar-refractivity contribution is 7.14. The summed E-state index contributed by atoms with van der Waals surface area (Å²) in [6.45, 7) is 4.74. The monoisotopic (exact) mass is 453 g/mol. The van der Waals surface area contributed by atoms with Crippen LogP contribution < -0.4 is 19.1 Å². The fraction of sp³-hybridized carbons (Fsp3) is 0.333. The molecule has 3 aromatic rings. The zero-order valence-electron chi connectivity index (χ0n) is 18.8. The lowest BCUT2D eigenvalue weighted by Gasteiger charge is -2.35. The summed E-state index contributed by atoms with van der Waals surface area (Å²) in [6, 6.07) is 11.8. The number of amides is 1. The van der Waals surface area contributed by atoms with Crippen LogP contribution in [0.1, 0.15) is 15.9 Å². The van der Waals surface area contributed by atoms with Gasteiger partial charge in [-0.2, -0.15) is 0 Å². The number of piperazine rings is 1. The summed E-state index contributed by atoms with van der Waals surface area (Å²) in [6.07, 6.45) is 0. The van der Waals surface area contributed by atoms with Crippen LogP contribution in [0.2, 0.25) is 0 Å². The second-order valence-electron chi connectivity index (χ2n) is 7.54. The molecule has 1 aliphatic heterocycles. The van der Waals surface area contributed by atoms with Gasteiger partial charge in [0.15, 0.2) is 16.6 Å². The molecule has 0 bridgehead atoms. The maximum atomic E-state index is 13.2. The third-order valence-corrected chi connectivity index (χ3v) is 6.51. The fourth-order valence-corrected chi connectivity index (χ4v) is 4.70. The van der Waals surface area contributed by atoms with Crippen molar-refractivity contribution < 1.29 is 19.0 Å². The van der Waals surface area contributed by atoms with Crippen molar-refractivity contribution in [2.24, 2.45) is 0 Å². The predicted molar refractivity (Wildman–Crippen MR) is 127 cm³/mol. The minimum atomic E-state index is -0.0815. The summed E-state index contributed by atoms with van der Waals surface area (Å²) < 4.78 is 16.2. The number of carbonyl (C=O) groups is 1. The summed E-state index contributed by atoms with van der Waals surface area (Å²) in [5.41, 5.74) is 3.80. The molecule has 1 aromatic heterocycles. The van der Waals surface area contributed by atoms with E-state index in [0.717, 1.165) is 29.5 Å². The minimum absolute atomic E-state index is 0.0815. The lowest BCUT2D eigenvalue weighted by molar-refractivity contribution is 0.0742. The van der Waals surface area contributed by atoms with Crippen molar-refractivity contribution in [1.29, 1.82) is 0 Å². The second-order valence-corrected chi connectivity index (χ2v) is 8.38. The number of nitrogens with zero attached hydrogens (tertiary/aromatic N) is 3. The zero-order valence-corrected chi connectivity index (χ0v) is 19.6. The van der Waals surface area contributed by atoms with Crippen LogP contribution in [0.5, 0.6) is 17.2 Å². The number of anilines is 1. The first-order valence-electron chi connectivity index (χ1n) is 10.4. The SMILES string of the molecule is COc1ccc(C(=O)N2CCN(c3nc(-c4ccc(C)cc4)cs3)CC2)c(OC)c1OC. The van der Waals surface area contributed by atoms with E-state index in [0.29, 0.717) is 35.9 Å². The Kier molecular flexibility index (Phi) is 6.50. The molecule has 0 atom stereocenters. The first-order valence-corrected chi connectivity index (χ1v) is 11.3. The molecule has 1 fully saturated rings. The Morgan fingerprint density at radius 1 is 0.906 bits per heavy atom. The molecule has 7 nitrogen and oxygen atoms in total. The van der Waals surface area contributed by atoms with Crippen molar-refractivity contribution in [3.8, 4) is 28.5 Å². The summed E-state index contributed by atoms with van der Waals surface area (Å²) in [5, 5.41) is 3.07. The van der Waals surface area contributed by atoms with Crippen LogP contribution in [0, 0.1) is 6.92 Å². The fourth-order valence-electron chi connectivity index (χ4n) is 3.81. The number of hydrogen-bond acceptors (Lipinski definition) is 7. The first kappa shape index (κ1) is 22.0. The van der Waals surface area contributed by atoms with Crippen molar-refractivity contribution >= 4 is 22.4 Å². The number of rotatable bonds is 6. The van der Waals surface area contributed by atoms with E-state index in [-0.39, 0.29) is 5.91 Å². The lowest BCUT2D eigenvalue weighted by Crippen LogP contribution is -2.48. The number of thiazole rings is 1. The summed E-state index contributed by atoms with van der Waals surface area (Å²) in [7, 11) is 4.62. The normalized spacial score (nSPS) is 13.8. The number of ether oxygens (including phenoxy) is 3. The molecule has 1 aliphatic rings. The predicted octanol–water partition coefficient (Wildman–Crippen LogP) is 4.11. The van der Waals surface area contributed by atoms with Crippen LogP contribution >= 0.6 is 11.3 Å². The Morgan fingerprint density at radius 2 is 1.59 bits per heavy atom. The van der Waals surface area contributed by atoms with Crippen molar-refractivity contribution in [1.82, 2.24) is 9.88 Å². The standard InChI is InChI=1S/C24H27N3O4S/c1-16-5-7-17(8-6-16)19-15-32-24(25-19)27-13-11-26(12-14-27)23(28)18-9-10-20(29-2)22(31-4)21(18)30-3/h5-10,15H,11-14H2,1-4H3.